The first-order chi connectivity index (χ1) is 8.49. The number of nitrogens with one attached hydrogen (secondary N) is 1. The standard InChI is InChI=1S/C14H27N3O/c1-5-13-9-17(7-6-8-18-13)11-14(4,10-15)16-12(2)3/h12-13,16H,5-9,11H2,1-4H3. The minimum absolute atomic E-state index is 0.314. The van der Waals surface area contributed by atoms with Crippen LogP contribution in [0.4, 0.5) is 0 Å². The van der Waals surface area contributed by atoms with Crippen LogP contribution in [0.5, 0.6) is 0 Å². The summed E-state index contributed by atoms with van der Waals surface area (Å²) in [6.45, 7) is 11.9. The van der Waals surface area contributed by atoms with Crippen molar-refractivity contribution >= 4 is 0 Å². The molecule has 0 amide bonds. The Kier molecular flexibility index (Phi) is 6.07. The van der Waals surface area contributed by atoms with Gasteiger partial charge in [0.1, 0.15) is 5.54 Å². The Labute approximate surface area is 111 Å². The van der Waals surface area contributed by atoms with E-state index in [9.17, 15) is 5.26 Å². The van der Waals surface area contributed by atoms with Crippen LogP contribution in [0.3, 0.4) is 0 Å². The van der Waals surface area contributed by atoms with Crippen LogP contribution in [0.2, 0.25) is 0 Å². The molecule has 1 saturated heterocycles. The maximum Gasteiger partial charge on any atom is 0.116 e. The molecule has 104 valence electrons. The zero-order valence-electron chi connectivity index (χ0n) is 12.2. The van der Waals surface area contributed by atoms with E-state index >= 15 is 0 Å². The van der Waals surface area contributed by atoms with Crippen LogP contribution in [-0.2, 0) is 4.74 Å². The summed E-state index contributed by atoms with van der Waals surface area (Å²) in [4.78, 5) is 2.36. The molecule has 4 nitrogen and oxygen atoms in total. The average Bonchev–Trinajstić information content (AvgIpc) is 2.53. The lowest BCUT2D eigenvalue weighted by Crippen LogP contribution is -2.53. The second-order valence-corrected chi connectivity index (χ2v) is 5.73. The topological polar surface area (TPSA) is 48.3 Å². The van der Waals surface area contributed by atoms with Gasteiger partial charge in [0.15, 0.2) is 0 Å². The van der Waals surface area contributed by atoms with Gasteiger partial charge in [-0.25, -0.2) is 0 Å². The Bertz CT molecular complexity index is 287. The molecule has 0 radical (unpaired) electrons. The first-order valence-electron chi connectivity index (χ1n) is 7.02. The van der Waals surface area contributed by atoms with E-state index in [1.165, 1.54) is 0 Å². The van der Waals surface area contributed by atoms with E-state index in [0.717, 1.165) is 39.1 Å². The van der Waals surface area contributed by atoms with Gasteiger partial charge >= 0.3 is 0 Å². The third kappa shape index (κ3) is 4.93. The summed E-state index contributed by atoms with van der Waals surface area (Å²) in [5, 5.41) is 12.8. The predicted octanol–water partition coefficient (Wildman–Crippen LogP) is 1.77. The highest BCUT2D eigenvalue weighted by Crippen LogP contribution is 2.13. The molecule has 18 heavy (non-hydrogen) atoms. The van der Waals surface area contributed by atoms with Gasteiger partial charge in [-0.2, -0.15) is 5.26 Å². The normalized spacial score (nSPS) is 25.4. The summed E-state index contributed by atoms with van der Waals surface area (Å²) in [5.41, 5.74) is -0.475. The van der Waals surface area contributed by atoms with E-state index in [4.69, 9.17) is 4.74 Å². The van der Waals surface area contributed by atoms with Crippen molar-refractivity contribution in [1.82, 2.24) is 10.2 Å². The zero-order chi connectivity index (χ0) is 13.6. The molecule has 1 rings (SSSR count). The molecule has 2 atom stereocenters. The molecule has 2 unspecified atom stereocenters. The Morgan fingerprint density at radius 2 is 2.28 bits per heavy atom. The summed E-state index contributed by atoms with van der Waals surface area (Å²) in [6, 6.07) is 2.74. The smallest absolute Gasteiger partial charge is 0.116 e. The number of nitriles is 1. The fourth-order valence-corrected chi connectivity index (χ4v) is 2.56. The molecular formula is C14H27N3O. The molecule has 0 saturated carbocycles. The minimum Gasteiger partial charge on any atom is -0.377 e. The van der Waals surface area contributed by atoms with Gasteiger partial charge in [-0.1, -0.05) is 6.92 Å². The lowest BCUT2D eigenvalue weighted by molar-refractivity contribution is 0.0495. The Morgan fingerprint density at radius 1 is 1.56 bits per heavy atom. The second kappa shape index (κ2) is 7.08. The molecule has 0 aromatic heterocycles. The van der Waals surface area contributed by atoms with Crippen molar-refractivity contribution in [1.29, 1.82) is 5.26 Å². The molecule has 0 aromatic rings. The maximum atomic E-state index is 9.39. The lowest BCUT2D eigenvalue weighted by Gasteiger charge is -2.33. The molecule has 0 aliphatic carbocycles. The van der Waals surface area contributed by atoms with E-state index in [0.29, 0.717) is 12.1 Å². The van der Waals surface area contributed by atoms with E-state index < -0.39 is 5.54 Å². The number of hydrogen-bond donors (Lipinski definition) is 1. The molecule has 1 fully saturated rings. The quantitative estimate of drug-likeness (QED) is 0.811. The fourth-order valence-electron chi connectivity index (χ4n) is 2.56. The third-order valence-corrected chi connectivity index (χ3v) is 3.28. The molecule has 0 spiro atoms. The van der Waals surface area contributed by atoms with Gasteiger partial charge in [0.2, 0.25) is 0 Å². The predicted molar refractivity (Wildman–Crippen MR) is 73.4 cm³/mol. The monoisotopic (exact) mass is 253 g/mol. The van der Waals surface area contributed by atoms with Crippen LogP contribution in [0, 0.1) is 11.3 Å². The number of hydrogen-bond acceptors (Lipinski definition) is 4. The Hall–Kier alpha value is -0.630. The molecule has 1 aliphatic heterocycles. The molecule has 0 aromatic carbocycles. The zero-order valence-corrected chi connectivity index (χ0v) is 12.2. The summed E-state index contributed by atoms with van der Waals surface area (Å²) in [6.07, 6.45) is 2.41. The van der Waals surface area contributed by atoms with E-state index in [-0.39, 0.29) is 0 Å². The van der Waals surface area contributed by atoms with Gasteiger partial charge in [-0.3, -0.25) is 10.2 Å². The number of nitrogens with zero attached hydrogens (tertiary/aromatic N) is 2. The van der Waals surface area contributed by atoms with Crippen molar-refractivity contribution in [2.75, 3.05) is 26.2 Å². The summed E-state index contributed by atoms with van der Waals surface area (Å²) < 4.78 is 5.77. The van der Waals surface area contributed by atoms with Crippen LogP contribution in [-0.4, -0.2) is 48.8 Å². The number of rotatable bonds is 5. The van der Waals surface area contributed by atoms with Gasteiger partial charge in [-0.05, 0) is 33.6 Å². The maximum absolute atomic E-state index is 9.39. The van der Waals surface area contributed by atoms with Gasteiger partial charge in [0.25, 0.3) is 0 Å². The Morgan fingerprint density at radius 3 is 2.83 bits per heavy atom. The van der Waals surface area contributed by atoms with Gasteiger partial charge in [0.05, 0.1) is 12.2 Å². The summed E-state index contributed by atoms with van der Waals surface area (Å²) >= 11 is 0. The molecule has 1 N–H and O–H groups in total. The van der Waals surface area contributed by atoms with E-state index in [2.05, 4.69) is 37.1 Å². The highest BCUT2D eigenvalue weighted by Gasteiger charge is 2.29. The van der Waals surface area contributed by atoms with Crippen LogP contribution < -0.4 is 5.32 Å². The van der Waals surface area contributed by atoms with Crippen LogP contribution in [0.1, 0.15) is 40.5 Å². The Balaban J connectivity index is 2.60. The minimum atomic E-state index is -0.475. The number of ether oxygens (including phenoxy) is 1. The first kappa shape index (κ1) is 15.4. The van der Waals surface area contributed by atoms with Crippen molar-refractivity contribution in [2.24, 2.45) is 0 Å². The molecule has 0 bridgehead atoms. The molecule has 1 aliphatic rings. The van der Waals surface area contributed by atoms with Crippen molar-refractivity contribution < 1.29 is 4.74 Å². The van der Waals surface area contributed by atoms with Crippen molar-refractivity contribution in [3.8, 4) is 6.07 Å². The van der Waals surface area contributed by atoms with E-state index in [1.807, 2.05) is 6.92 Å². The SMILES string of the molecule is CCC1CN(CC(C)(C#N)NC(C)C)CCCO1. The summed E-state index contributed by atoms with van der Waals surface area (Å²) in [5.74, 6) is 0. The van der Waals surface area contributed by atoms with Crippen LogP contribution >= 0.6 is 0 Å². The molecule has 1 heterocycles. The molecular weight excluding hydrogens is 226 g/mol. The highest BCUT2D eigenvalue weighted by molar-refractivity contribution is 5.06. The van der Waals surface area contributed by atoms with Crippen LogP contribution in [0.25, 0.3) is 0 Å². The van der Waals surface area contributed by atoms with E-state index in [1.54, 1.807) is 0 Å². The fraction of sp³-hybridized carbons (Fsp3) is 0.929. The first-order valence-corrected chi connectivity index (χ1v) is 7.02. The van der Waals surface area contributed by atoms with Gasteiger partial charge < -0.3 is 4.74 Å². The summed E-state index contributed by atoms with van der Waals surface area (Å²) in [7, 11) is 0. The van der Waals surface area contributed by atoms with Gasteiger partial charge in [0, 0.05) is 32.3 Å². The van der Waals surface area contributed by atoms with Crippen molar-refractivity contribution in [3.63, 3.8) is 0 Å². The molecule has 4 heteroatoms. The average molecular weight is 253 g/mol. The van der Waals surface area contributed by atoms with Crippen LogP contribution in [0.15, 0.2) is 0 Å². The lowest BCUT2D eigenvalue weighted by atomic mass is 10.0. The highest BCUT2D eigenvalue weighted by atomic mass is 16.5. The van der Waals surface area contributed by atoms with Gasteiger partial charge in [-0.15, -0.1) is 0 Å². The third-order valence-electron chi connectivity index (χ3n) is 3.28. The second-order valence-electron chi connectivity index (χ2n) is 5.73. The van der Waals surface area contributed by atoms with Crippen molar-refractivity contribution in [2.45, 2.75) is 58.2 Å². The largest absolute Gasteiger partial charge is 0.377 e. The van der Waals surface area contributed by atoms with Crippen molar-refractivity contribution in [3.05, 3.63) is 0 Å².